The minimum atomic E-state index is -4.78. The van der Waals surface area contributed by atoms with Gasteiger partial charge in [-0.25, -0.2) is 0 Å². The molecule has 1 aliphatic rings. The molecular weight excluding hydrogens is 293 g/mol. The molecule has 1 amide bonds. The predicted octanol–water partition coefficient (Wildman–Crippen LogP) is 1.44. The van der Waals surface area contributed by atoms with Crippen molar-refractivity contribution in [3.8, 4) is 0 Å². The highest BCUT2D eigenvalue weighted by molar-refractivity contribution is 7.05. The van der Waals surface area contributed by atoms with E-state index in [4.69, 9.17) is 0 Å². The Morgan fingerprint density at radius 2 is 2.05 bits per heavy atom. The van der Waals surface area contributed by atoms with Gasteiger partial charge in [0.15, 0.2) is 0 Å². The van der Waals surface area contributed by atoms with Crippen LogP contribution in [-0.4, -0.2) is 57.6 Å². The maximum Gasteiger partial charge on any atom is 0.471 e. The molecule has 1 saturated heterocycles. The molecule has 0 unspecified atom stereocenters. The lowest BCUT2D eigenvalue weighted by Crippen LogP contribution is -2.43. The van der Waals surface area contributed by atoms with Gasteiger partial charge in [-0.2, -0.15) is 13.2 Å². The second kappa shape index (κ2) is 6.04. The van der Waals surface area contributed by atoms with Gasteiger partial charge in [0, 0.05) is 32.7 Å². The minimum Gasteiger partial charge on any atom is -0.334 e. The van der Waals surface area contributed by atoms with Gasteiger partial charge in [-0.15, -0.1) is 5.10 Å². The van der Waals surface area contributed by atoms with E-state index in [1.807, 2.05) is 11.8 Å². The summed E-state index contributed by atoms with van der Waals surface area (Å²) in [5.41, 5.74) is 0.850. The molecule has 1 aromatic heterocycles. The molecule has 0 atom stereocenters. The summed E-state index contributed by atoms with van der Waals surface area (Å²) in [6, 6.07) is 0. The van der Waals surface area contributed by atoms with Crippen LogP contribution in [0.2, 0.25) is 0 Å². The highest BCUT2D eigenvalue weighted by Crippen LogP contribution is 2.20. The number of alkyl halides is 3. The number of rotatable bonds is 2. The third-order valence-electron chi connectivity index (χ3n) is 3.23. The fourth-order valence-corrected chi connectivity index (χ4v) is 2.79. The smallest absolute Gasteiger partial charge is 0.334 e. The van der Waals surface area contributed by atoms with E-state index in [0.29, 0.717) is 26.1 Å². The lowest BCUT2D eigenvalue weighted by molar-refractivity contribution is -0.185. The number of hydrogen-bond donors (Lipinski definition) is 0. The van der Waals surface area contributed by atoms with Crippen LogP contribution in [0.15, 0.2) is 0 Å². The van der Waals surface area contributed by atoms with Crippen LogP contribution in [0.4, 0.5) is 13.2 Å². The summed E-state index contributed by atoms with van der Waals surface area (Å²) in [6.45, 7) is 3.82. The Morgan fingerprint density at radius 3 is 2.65 bits per heavy atom. The van der Waals surface area contributed by atoms with Crippen LogP contribution in [0, 0.1) is 6.92 Å². The van der Waals surface area contributed by atoms with E-state index >= 15 is 0 Å². The summed E-state index contributed by atoms with van der Waals surface area (Å²) in [5.74, 6) is -1.74. The number of carbonyl (C=O) groups excluding carboxylic acids is 1. The first-order chi connectivity index (χ1) is 9.38. The molecule has 0 bridgehead atoms. The van der Waals surface area contributed by atoms with E-state index in [1.54, 1.807) is 0 Å². The normalized spacial score (nSPS) is 18.1. The van der Waals surface area contributed by atoms with E-state index < -0.39 is 12.1 Å². The minimum absolute atomic E-state index is 0.101. The molecule has 0 radical (unpaired) electrons. The highest BCUT2D eigenvalue weighted by Gasteiger charge is 2.42. The van der Waals surface area contributed by atoms with Crippen molar-refractivity contribution in [1.82, 2.24) is 19.4 Å². The second-order valence-electron chi connectivity index (χ2n) is 4.70. The standard InChI is InChI=1S/C11H15F3N4OS/c1-8-9(20-16-15-8)7-17-3-2-4-18(6-5-17)10(19)11(12,13)14/h2-7H2,1H3. The molecule has 0 spiro atoms. The molecule has 20 heavy (non-hydrogen) atoms. The van der Waals surface area contributed by atoms with Gasteiger partial charge in [-0.05, 0) is 24.9 Å². The molecule has 2 heterocycles. The second-order valence-corrected chi connectivity index (χ2v) is 5.54. The number of hydrogen-bond acceptors (Lipinski definition) is 5. The molecule has 0 N–H and O–H groups in total. The van der Waals surface area contributed by atoms with E-state index in [2.05, 4.69) is 9.59 Å². The van der Waals surface area contributed by atoms with Crippen molar-refractivity contribution in [3.05, 3.63) is 10.6 Å². The Balaban J connectivity index is 1.93. The van der Waals surface area contributed by atoms with E-state index in [9.17, 15) is 18.0 Å². The maximum atomic E-state index is 12.4. The quantitative estimate of drug-likeness (QED) is 0.829. The Kier molecular flexibility index (Phi) is 4.59. The maximum absolute atomic E-state index is 12.4. The van der Waals surface area contributed by atoms with Gasteiger partial charge in [0.2, 0.25) is 0 Å². The van der Waals surface area contributed by atoms with Crippen molar-refractivity contribution < 1.29 is 18.0 Å². The van der Waals surface area contributed by atoms with Crippen molar-refractivity contribution >= 4 is 17.4 Å². The number of halogens is 3. The zero-order chi connectivity index (χ0) is 14.8. The Hall–Kier alpha value is -1.22. The van der Waals surface area contributed by atoms with Crippen LogP contribution in [0.3, 0.4) is 0 Å². The molecule has 0 aliphatic carbocycles. The molecule has 112 valence electrons. The van der Waals surface area contributed by atoms with Crippen LogP contribution in [-0.2, 0) is 11.3 Å². The Labute approximate surface area is 118 Å². The van der Waals surface area contributed by atoms with Crippen molar-refractivity contribution in [3.63, 3.8) is 0 Å². The number of amides is 1. The first-order valence-corrected chi connectivity index (χ1v) is 7.01. The van der Waals surface area contributed by atoms with Crippen LogP contribution < -0.4 is 0 Å². The van der Waals surface area contributed by atoms with Crippen LogP contribution in [0.5, 0.6) is 0 Å². The Bertz CT molecular complexity index is 476. The van der Waals surface area contributed by atoms with E-state index in [1.165, 1.54) is 11.5 Å². The lowest BCUT2D eigenvalue weighted by Gasteiger charge is -2.22. The lowest BCUT2D eigenvalue weighted by atomic mass is 10.3. The van der Waals surface area contributed by atoms with Gasteiger partial charge in [-0.1, -0.05) is 4.49 Å². The SMILES string of the molecule is Cc1nnsc1CN1CCCN(C(=O)C(F)(F)F)CC1. The summed E-state index contributed by atoms with van der Waals surface area (Å²) in [6.07, 6.45) is -4.25. The number of carbonyl (C=O) groups is 1. The van der Waals surface area contributed by atoms with Crippen molar-refractivity contribution in [2.24, 2.45) is 0 Å². The van der Waals surface area contributed by atoms with Crippen LogP contribution in [0.25, 0.3) is 0 Å². The molecule has 0 saturated carbocycles. The average Bonchev–Trinajstić information content (AvgIpc) is 2.63. The molecule has 5 nitrogen and oxygen atoms in total. The summed E-state index contributed by atoms with van der Waals surface area (Å²) >= 11 is 1.30. The van der Waals surface area contributed by atoms with Gasteiger partial charge in [0.1, 0.15) is 0 Å². The topological polar surface area (TPSA) is 49.3 Å². The number of aromatic nitrogens is 2. The summed E-state index contributed by atoms with van der Waals surface area (Å²) < 4.78 is 41.0. The number of nitrogens with zero attached hydrogens (tertiary/aromatic N) is 4. The molecule has 1 aromatic rings. The van der Waals surface area contributed by atoms with Gasteiger partial charge in [0.05, 0.1) is 10.6 Å². The fraction of sp³-hybridized carbons (Fsp3) is 0.727. The van der Waals surface area contributed by atoms with Crippen LogP contribution >= 0.6 is 11.5 Å². The molecule has 0 aromatic carbocycles. The third kappa shape index (κ3) is 3.66. The molecular formula is C11H15F3N4OS. The molecule has 9 heteroatoms. The average molecular weight is 308 g/mol. The van der Waals surface area contributed by atoms with E-state index in [0.717, 1.165) is 15.5 Å². The largest absolute Gasteiger partial charge is 0.471 e. The summed E-state index contributed by atoms with van der Waals surface area (Å²) in [5, 5.41) is 3.91. The van der Waals surface area contributed by atoms with Gasteiger partial charge < -0.3 is 4.90 Å². The number of aryl methyl sites for hydroxylation is 1. The molecule has 1 aliphatic heterocycles. The van der Waals surface area contributed by atoms with Crippen LogP contribution in [0.1, 0.15) is 17.0 Å². The highest BCUT2D eigenvalue weighted by atomic mass is 32.1. The Morgan fingerprint density at radius 1 is 1.30 bits per heavy atom. The van der Waals surface area contributed by atoms with Crippen molar-refractivity contribution in [2.75, 3.05) is 26.2 Å². The predicted molar refractivity (Wildman–Crippen MR) is 67.2 cm³/mol. The van der Waals surface area contributed by atoms with Gasteiger partial charge >= 0.3 is 12.1 Å². The summed E-state index contributed by atoms with van der Waals surface area (Å²) in [4.78, 5) is 15.1. The third-order valence-corrected chi connectivity index (χ3v) is 4.04. The van der Waals surface area contributed by atoms with E-state index in [-0.39, 0.29) is 13.1 Å². The monoisotopic (exact) mass is 308 g/mol. The zero-order valence-electron chi connectivity index (χ0n) is 11.0. The molecule has 2 rings (SSSR count). The van der Waals surface area contributed by atoms with Gasteiger partial charge in [0.25, 0.3) is 0 Å². The molecule has 1 fully saturated rings. The summed E-state index contributed by atoms with van der Waals surface area (Å²) in [7, 11) is 0. The first-order valence-electron chi connectivity index (χ1n) is 6.24. The first kappa shape index (κ1) is 15.2. The zero-order valence-corrected chi connectivity index (χ0v) is 11.8. The van der Waals surface area contributed by atoms with Crippen molar-refractivity contribution in [1.29, 1.82) is 0 Å². The van der Waals surface area contributed by atoms with Crippen molar-refractivity contribution in [2.45, 2.75) is 26.1 Å². The fourth-order valence-electron chi connectivity index (χ4n) is 2.11. The van der Waals surface area contributed by atoms with Gasteiger partial charge in [-0.3, -0.25) is 9.69 Å².